The maximum absolute atomic E-state index is 12.0. The number of benzene rings is 2. The standard InChI is InChI=1S/C20H19N5O2/c1-27-14-8-6-13(7-9-14)17-12-19(26)25-20(24-17)21-11-10-18-22-15-4-2-3-5-16(15)23-18/h2-9,12H,10-11H2,1H3,(H,22,23)(H2,21,24,25,26). The van der Waals surface area contributed by atoms with Gasteiger partial charge in [0.25, 0.3) is 5.56 Å². The number of hydrogen-bond acceptors (Lipinski definition) is 5. The van der Waals surface area contributed by atoms with Crippen molar-refractivity contribution in [2.24, 2.45) is 0 Å². The zero-order valence-corrected chi connectivity index (χ0v) is 14.8. The summed E-state index contributed by atoms with van der Waals surface area (Å²) in [6.07, 6.45) is 0.686. The highest BCUT2D eigenvalue weighted by atomic mass is 16.5. The number of hydrogen-bond donors (Lipinski definition) is 3. The highest BCUT2D eigenvalue weighted by molar-refractivity contribution is 5.74. The number of aromatic amines is 2. The van der Waals surface area contributed by atoms with Crippen molar-refractivity contribution >= 4 is 17.0 Å². The Hall–Kier alpha value is -3.61. The molecule has 0 radical (unpaired) electrons. The van der Waals surface area contributed by atoms with Crippen molar-refractivity contribution in [1.29, 1.82) is 0 Å². The van der Waals surface area contributed by atoms with Gasteiger partial charge in [0, 0.05) is 24.6 Å². The summed E-state index contributed by atoms with van der Waals surface area (Å²) < 4.78 is 5.16. The van der Waals surface area contributed by atoms with Gasteiger partial charge < -0.3 is 15.0 Å². The summed E-state index contributed by atoms with van der Waals surface area (Å²) >= 11 is 0. The molecule has 4 aromatic rings. The molecule has 7 heteroatoms. The zero-order chi connectivity index (χ0) is 18.6. The Balaban J connectivity index is 1.46. The van der Waals surface area contributed by atoms with Crippen LogP contribution in [0.15, 0.2) is 59.4 Å². The second-order valence-corrected chi connectivity index (χ2v) is 6.09. The smallest absolute Gasteiger partial charge is 0.252 e. The normalized spacial score (nSPS) is 10.9. The van der Waals surface area contributed by atoms with Crippen LogP contribution in [0.5, 0.6) is 5.75 Å². The third kappa shape index (κ3) is 3.82. The summed E-state index contributed by atoms with van der Waals surface area (Å²) in [6, 6.07) is 16.8. The quantitative estimate of drug-likeness (QED) is 0.491. The van der Waals surface area contributed by atoms with E-state index < -0.39 is 0 Å². The van der Waals surface area contributed by atoms with Gasteiger partial charge in [-0.25, -0.2) is 9.97 Å². The van der Waals surface area contributed by atoms with Crippen LogP contribution in [0.2, 0.25) is 0 Å². The maximum atomic E-state index is 12.0. The van der Waals surface area contributed by atoms with E-state index in [0.717, 1.165) is 28.2 Å². The first-order chi connectivity index (χ1) is 13.2. The predicted molar refractivity (Wildman–Crippen MR) is 105 cm³/mol. The lowest BCUT2D eigenvalue weighted by Crippen LogP contribution is -2.15. The summed E-state index contributed by atoms with van der Waals surface area (Å²) in [5.74, 6) is 2.08. The molecular formula is C20H19N5O2. The molecule has 0 aliphatic carbocycles. The van der Waals surface area contributed by atoms with E-state index in [2.05, 4.69) is 25.3 Å². The molecule has 0 bridgehead atoms. The Morgan fingerprint density at radius 1 is 1.04 bits per heavy atom. The molecule has 2 aromatic heterocycles. The number of aromatic nitrogens is 4. The van der Waals surface area contributed by atoms with Gasteiger partial charge in [0.05, 0.1) is 23.8 Å². The summed E-state index contributed by atoms with van der Waals surface area (Å²) in [4.78, 5) is 27.0. The molecule has 0 amide bonds. The van der Waals surface area contributed by atoms with Crippen molar-refractivity contribution in [1.82, 2.24) is 19.9 Å². The van der Waals surface area contributed by atoms with Gasteiger partial charge in [-0.3, -0.25) is 9.78 Å². The number of imidazole rings is 1. The maximum Gasteiger partial charge on any atom is 0.252 e. The number of H-pyrrole nitrogens is 2. The van der Waals surface area contributed by atoms with E-state index in [1.807, 2.05) is 48.5 Å². The number of anilines is 1. The van der Waals surface area contributed by atoms with Crippen LogP contribution in [0.25, 0.3) is 22.3 Å². The van der Waals surface area contributed by atoms with E-state index in [1.165, 1.54) is 6.07 Å². The molecule has 0 spiro atoms. The SMILES string of the molecule is COc1ccc(-c2cc(=O)[nH]c(NCCc3nc4ccccc4[nH]3)n2)cc1. The van der Waals surface area contributed by atoms with E-state index in [1.54, 1.807) is 7.11 Å². The summed E-state index contributed by atoms with van der Waals surface area (Å²) in [7, 11) is 1.62. The van der Waals surface area contributed by atoms with Crippen LogP contribution in [0.3, 0.4) is 0 Å². The number of nitrogens with zero attached hydrogens (tertiary/aromatic N) is 2. The van der Waals surface area contributed by atoms with E-state index in [9.17, 15) is 4.79 Å². The molecule has 2 aromatic carbocycles. The lowest BCUT2D eigenvalue weighted by atomic mass is 10.1. The molecular weight excluding hydrogens is 342 g/mol. The molecule has 4 rings (SSSR count). The first kappa shape index (κ1) is 16.8. The molecule has 7 nitrogen and oxygen atoms in total. The van der Waals surface area contributed by atoms with E-state index in [-0.39, 0.29) is 5.56 Å². The van der Waals surface area contributed by atoms with Gasteiger partial charge in [-0.05, 0) is 36.4 Å². The lowest BCUT2D eigenvalue weighted by molar-refractivity contribution is 0.415. The molecule has 0 unspecified atom stereocenters. The molecule has 0 aliphatic heterocycles. The van der Waals surface area contributed by atoms with Crippen LogP contribution in [0.4, 0.5) is 5.95 Å². The van der Waals surface area contributed by atoms with Crippen molar-refractivity contribution < 1.29 is 4.74 Å². The minimum Gasteiger partial charge on any atom is -0.497 e. The second kappa shape index (κ2) is 7.33. The van der Waals surface area contributed by atoms with Crippen LogP contribution in [0, 0.1) is 0 Å². The van der Waals surface area contributed by atoms with Crippen molar-refractivity contribution in [3.05, 3.63) is 70.8 Å². The fourth-order valence-electron chi connectivity index (χ4n) is 2.87. The largest absolute Gasteiger partial charge is 0.497 e. The van der Waals surface area contributed by atoms with Gasteiger partial charge in [0.15, 0.2) is 0 Å². The van der Waals surface area contributed by atoms with Gasteiger partial charge in [-0.15, -0.1) is 0 Å². The second-order valence-electron chi connectivity index (χ2n) is 6.09. The molecule has 27 heavy (non-hydrogen) atoms. The molecule has 3 N–H and O–H groups in total. The minimum atomic E-state index is -0.206. The van der Waals surface area contributed by atoms with Gasteiger partial charge in [-0.1, -0.05) is 12.1 Å². The Bertz CT molecular complexity index is 1080. The number of nitrogens with one attached hydrogen (secondary N) is 3. The van der Waals surface area contributed by atoms with Crippen LogP contribution in [-0.4, -0.2) is 33.6 Å². The average Bonchev–Trinajstić information content (AvgIpc) is 3.10. The zero-order valence-electron chi connectivity index (χ0n) is 14.8. The molecule has 0 saturated carbocycles. The average molecular weight is 361 g/mol. The Labute approximate surface area is 155 Å². The predicted octanol–water partition coefficient (Wildman–Crippen LogP) is 2.98. The number of methoxy groups -OCH3 is 1. The van der Waals surface area contributed by atoms with Gasteiger partial charge in [0.1, 0.15) is 11.6 Å². The first-order valence-electron chi connectivity index (χ1n) is 8.64. The van der Waals surface area contributed by atoms with E-state index in [0.29, 0.717) is 24.6 Å². The monoisotopic (exact) mass is 361 g/mol. The van der Waals surface area contributed by atoms with Crippen molar-refractivity contribution in [2.45, 2.75) is 6.42 Å². The first-order valence-corrected chi connectivity index (χ1v) is 8.64. The summed E-state index contributed by atoms with van der Waals surface area (Å²) in [5, 5.41) is 3.16. The molecule has 0 saturated heterocycles. The molecule has 136 valence electrons. The Morgan fingerprint density at radius 3 is 2.63 bits per heavy atom. The third-order valence-corrected chi connectivity index (χ3v) is 4.22. The topological polar surface area (TPSA) is 95.7 Å². The number of fused-ring (bicyclic) bond motifs is 1. The van der Waals surface area contributed by atoms with Crippen molar-refractivity contribution in [3.63, 3.8) is 0 Å². The molecule has 0 atom stereocenters. The Kier molecular flexibility index (Phi) is 4.57. The van der Waals surface area contributed by atoms with Gasteiger partial charge in [0.2, 0.25) is 5.95 Å². The third-order valence-electron chi connectivity index (χ3n) is 4.22. The number of ether oxygens (including phenoxy) is 1. The van der Waals surface area contributed by atoms with Crippen LogP contribution >= 0.6 is 0 Å². The van der Waals surface area contributed by atoms with Crippen LogP contribution < -0.4 is 15.6 Å². The number of para-hydroxylation sites is 2. The van der Waals surface area contributed by atoms with Gasteiger partial charge in [-0.2, -0.15) is 0 Å². The Morgan fingerprint density at radius 2 is 1.85 bits per heavy atom. The highest BCUT2D eigenvalue weighted by Gasteiger charge is 2.06. The fraction of sp³-hybridized carbons (Fsp3) is 0.150. The van der Waals surface area contributed by atoms with Gasteiger partial charge >= 0.3 is 0 Å². The highest BCUT2D eigenvalue weighted by Crippen LogP contribution is 2.20. The minimum absolute atomic E-state index is 0.206. The van der Waals surface area contributed by atoms with Crippen molar-refractivity contribution in [2.75, 3.05) is 19.0 Å². The molecule has 0 aliphatic rings. The molecule has 0 fully saturated rings. The van der Waals surface area contributed by atoms with E-state index in [4.69, 9.17) is 4.74 Å². The fourth-order valence-corrected chi connectivity index (χ4v) is 2.87. The lowest BCUT2D eigenvalue weighted by Gasteiger charge is -2.07. The molecule has 2 heterocycles. The van der Waals surface area contributed by atoms with Crippen molar-refractivity contribution in [3.8, 4) is 17.0 Å². The number of rotatable bonds is 6. The van der Waals surface area contributed by atoms with Crippen LogP contribution in [0.1, 0.15) is 5.82 Å². The van der Waals surface area contributed by atoms with E-state index >= 15 is 0 Å². The summed E-state index contributed by atoms with van der Waals surface area (Å²) in [6.45, 7) is 0.592. The summed E-state index contributed by atoms with van der Waals surface area (Å²) in [5.41, 5.74) is 3.21. The van der Waals surface area contributed by atoms with Crippen LogP contribution in [-0.2, 0) is 6.42 Å².